The maximum atomic E-state index is 12.8. The molecule has 8 heteroatoms. The van der Waals surface area contributed by atoms with Gasteiger partial charge in [-0.25, -0.2) is 13.1 Å². The molecule has 0 fully saturated rings. The first-order valence-electron chi connectivity index (χ1n) is 9.56. The Hall–Kier alpha value is -3.67. The molecule has 156 valence electrons. The van der Waals surface area contributed by atoms with Crippen LogP contribution in [0, 0.1) is 11.3 Å². The topological polar surface area (TPSA) is 97.0 Å². The molecule has 4 aromatic rings. The van der Waals surface area contributed by atoms with Crippen molar-refractivity contribution >= 4 is 20.8 Å². The van der Waals surface area contributed by atoms with E-state index in [9.17, 15) is 8.42 Å². The van der Waals surface area contributed by atoms with Crippen molar-refractivity contribution in [3.63, 3.8) is 0 Å². The number of benzene rings is 3. The highest BCUT2D eigenvalue weighted by atomic mass is 32.2. The number of nitrogens with zero attached hydrogens (tertiary/aromatic N) is 3. The number of hydrogen-bond donors (Lipinski definition) is 1. The minimum absolute atomic E-state index is 0.0731. The number of methoxy groups -OCH3 is 1. The Balaban J connectivity index is 1.46. The lowest BCUT2D eigenvalue weighted by Crippen LogP contribution is -2.23. The Morgan fingerprint density at radius 2 is 1.90 bits per heavy atom. The highest BCUT2D eigenvalue weighted by Crippen LogP contribution is 2.23. The van der Waals surface area contributed by atoms with Crippen LogP contribution in [0.3, 0.4) is 0 Å². The van der Waals surface area contributed by atoms with Gasteiger partial charge in [-0.2, -0.15) is 10.4 Å². The number of ether oxygens (including phenoxy) is 1. The van der Waals surface area contributed by atoms with Crippen molar-refractivity contribution in [3.05, 3.63) is 89.7 Å². The minimum Gasteiger partial charge on any atom is -0.497 e. The lowest BCUT2D eigenvalue weighted by Gasteiger charge is -2.08. The molecule has 0 aliphatic rings. The normalized spacial score (nSPS) is 11.4. The van der Waals surface area contributed by atoms with Crippen LogP contribution in [0.2, 0.25) is 0 Å². The number of rotatable bonds is 7. The van der Waals surface area contributed by atoms with Crippen LogP contribution in [0.5, 0.6) is 5.75 Å². The fourth-order valence-electron chi connectivity index (χ4n) is 3.26. The largest absolute Gasteiger partial charge is 0.497 e. The third kappa shape index (κ3) is 4.74. The molecule has 0 spiro atoms. The van der Waals surface area contributed by atoms with E-state index < -0.39 is 10.0 Å². The number of aromatic nitrogens is 2. The van der Waals surface area contributed by atoms with E-state index in [4.69, 9.17) is 10.00 Å². The zero-order chi connectivity index (χ0) is 21.8. The van der Waals surface area contributed by atoms with Gasteiger partial charge in [-0.1, -0.05) is 24.3 Å². The van der Waals surface area contributed by atoms with Crippen LogP contribution in [-0.4, -0.2) is 25.3 Å². The van der Waals surface area contributed by atoms with E-state index in [1.54, 1.807) is 60.5 Å². The molecule has 0 saturated carbocycles. The summed E-state index contributed by atoms with van der Waals surface area (Å²) in [5.41, 5.74) is 2.13. The highest BCUT2D eigenvalue weighted by Gasteiger charge is 2.15. The van der Waals surface area contributed by atoms with Crippen molar-refractivity contribution < 1.29 is 13.2 Å². The first-order chi connectivity index (χ1) is 15.0. The lowest BCUT2D eigenvalue weighted by atomic mass is 10.1. The van der Waals surface area contributed by atoms with Crippen LogP contribution in [0.15, 0.2) is 77.8 Å². The second-order valence-corrected chi connectivity index (χ2v) is 8.78. The Labute approximate surface area is 180 Å². The Kier molecular flexibility index (Phi) is 5.71. The van der Waals surface area contributed by atoms with Gasteiger partial charge in [-0.05, 0) is 58.8 Å². The van der Waals surface area contributed by atoms with Gasteiger partial charge in [0.15, 0.2) is 0 Å². The molecule has 7 nitrogen and oxygen atoms in total. The molecule has 0 aliphatic heterocycles. The third-order valence-electron chi connectivity index (χ3n) is 4.87. The molecule has 4 rings (SSSR count). The van der Waals surface area contributed by atoms with Crippen LogP contribution in [0.4, 0.5) is 0 Å². The summed E-state index contributed by atoms with van der Waals surface area (Å²) in [7, 11) is -2.13. The van der Waals surface area contributed by atoms with Gasteiger partial charge in [0.05, 0.1) is 42.4 Å². The summed E-state index contributed by atoms with van der Waals surface area (Å²) in [6.45, 7) is 0.568. The summed E-state index contributed by atoms with van der Waals surface area (Å²) in [4.78, 5) is 0.181. The van der Waals surface area contributed by atoms with E-state index >= 15 is 0 Å². The third-order valence-corrected chi connectivity index (χ3v) is 6.27. The number of fused-ring (bicyclic) bond motifs is 1. The maximum Gasteiger partial charge on any atom is 0.240 e. The van der Waals surface area contributed by atoms with Gasteiger partial charge in [0.25, 0.3) is 0 Å². The van der Waals surface area contributed by atoms with Crippen LogP contribution in [-0.2, 0) is 23.1 Å². The van der Waals surface area contributed by atoms with Crippen molar-refractivity contribution in [3.8, 4) is 11.8 Å². The standard InChI is InChI=1S/C23H20N4O3S/c1-30-22-7-5-19-6-8-23(13-20(19)12-22)31(28,29)25-15-21-9-10-27(26-21)16-18-4-2-3-17(11-18)14-24/h2-13,25H,15-16H2,1H3. The summed E-state index contributed by atoms with van der Waals surface area (Å²) in [5, 5.41) is 15.1. The van der Waals surface area contributed by atoms with Crippen LogP contribution in [0.1, 0.15) is 16.8 Å². The molecule has 1 N–H and O–H groups in total. The molecule has 0 bridgehead atoms. The number of nitrogens with one attached hydrogen (secondary N) is 1. The van der Waals surface area contributed by atoms with Crippen LogP contribution >= 0.6 is 0 Å². The van der Waals surface area contributed by atoms with E-state index in [-0.39, 0.29) is 11.4 Å². The summed E-state index contributed by atoms with van der Waals surface area (Å²) in [5.74, 6) is 0.667. The van der Waals surface area contributed by atoms with E-state index in [1.807, 2.05) is 24.3 Å². The number of sulfonamides is 1. The summed E-state index contributed by atoms with van der Waals surface area (Å²) in [6, 6.07) is 21.7. The lowest BCUT2D eigenvalue weighted by molar-refractivity contribution is 0.415. The summed E-state index contributed by atoms with van der Waals surface area (Å²) in [6.07, 6.45) is 1.78. The average molecular weight is 433 g/mol. The molecule has 3 aromatic carbocycles. The molecule has 1 aromatic heterocycles. The van der Waals surface area contributed by atoms with Crippen LogP contribution in [0.25, 0.3) is 10.8 Å². The SMILES string of the molecule is COc1ccc2ccc(S(=O)(=O)NCc3ccn(Cc4cccc(C#N)c4)n3)cc2c1. The number of hydrogen-bond acceptors (Lipinski definition) is 5. The molecule has 1 heterocycles. The fraction of sp³-hybridized carbons (Fsp3) is 0.130. The van der Waals surface area contributed by atoms with Crippen molar-refractivity contribution in [2.45, 2.75) is 18.0 Å². The molecule has 0 saturated heterocycles. The molecular formula is C23H20N4O3S. The Bertz CT molecular complexity index is 1390. The van der Waals surface area contributed by atoms with Crippen molar-refractivity contribution in [1.29, 1.82) is 5.26 Å². The predicted molar refractivity (Wildman–Crippen MR) is 117 cm³/mol. The van der Waals surface area contributed by atoms with E-state index in [0.29, 0.717) is 23.6 Å². The monoisotopic (exact) mass is 432 g/mol. The van der Waals surface area contributed by atoms with Gasteiger partial charge >= 0.3 is 0 Å². The molecule has 31 heavy (non-hydrogen) atoms. The van der Waals surface area contributed by atoms with E-state index in [2.05, 4.69) is 15.9 Å². The molecule has 0 amide bonds. The smallest absolute Gasteiger partial charge is 0.240 e. The number of nitriles is 1. The van der Waals surface area contributed by atoms with Crippen molar-refractivity contribution in [2.75, 3.05) is 7.11 Å². The van der Waals surface area contributed by atoms with Crippen LogP contribution < -0.4 is 9.46 Å². The van der Waals surface area contributed by atoms with E-state index in [0.717, 1.165) is 16.3 Å². The van der Waals surface area contributed by atoms with Gasteiger partial charge < -0.3 is 4.74 Å². The Morgan fingerprint density at radius 1 is 1.06 bits per heavy atom. The first-order valence-corrected chi connectivity index (χ1v) is 11.0. The second-order valence-electron chi connectivity index (χ2n) is 7.02. The Morgan fingerprint density at radius 3 is 2.71 bits per heavy atom. The second kappa shape index (κ2) is 8.60. The highest BCUT2D eigenvalue weighted by molar-refractivity contribution is 7.89. The quantitative estimate of drug-likeness (QED) is 0.482. The molecular weight excluding hydrogens is 412 g/mol. The van der Waals surface area contributed by atoms with Gasteiger partial charge in [0.2, 0.25) is 10.0 Å². The fourth-order valence-corrected chi connectivity index (χ4v) is 4.30. The van der Waals surface area contributed by atoms with Crippen molar-refractivity contribution in [2.24, 2.45) is 0 Å². The molecule has 0 aliphatic carbocycles. The maximum absolute atomic E-state index is 12.8. The predicted octanol–water partition coefficient (Wildman–Crippen LogP) is 3.44. The zero-order valence-electron chi connectivity index (χ0n) is 16.8. The minimum atomic E-state index is -3.70. The summed E-state index contributed by atoms with van der Waals surface area (Å²) < 4.78 is 35.1. The van der Waals surface area contributed by atoms with Crippen molar-refractivity contribution in [1.82, 2.24) is 14.5 Å². The molecule has 0 radical (unpaired) electrons. The summed E-state index contributed by atoms with van der Waals surface area (Å²) >= 11 is 0. The molecule has 0 unspecified atom stereocenters. The van der Waals surface area contributed by atoms with Gasteiger partial charge in [0.1, 0.15) is 5.75 Å². The van der Waals surface area contributed by atoms with Gasteiger partial charge in [0, 0.05) is 6.20 Å². The zero-order valence-corrected chi connectivity index (χ0v) is 17.6. The van der Waals surface area contributed by atoms with E-state index in [1.165, 1.54) is 0 Å². The molecule has 0 atom stereocenters. The average Bonchev–Trinajstić information content (AvgIpc) is 3.24. The van der Waals surface area contributed by atoms with Gasteiger partial charge in [-0.15, -0.1) is 0 Å². The van der Waals surface area contributed by atoms with Gasteiger partial charge in [-0.3, -0.25) is 4.68 Å². The first kappa shape index (κ1) is 20.6.